The quantitative estimate of drug-likeness (QED) is 0.476. The van der Waals surface area contributed by atoms with Crippen LogP contribution in [0.4, 0.5) is 11.4 Å². The smallest absolute Gasteiger partial charge is 0.261 e. The van der Waals surface area contributed by atoms with Crippen LogP contribution in [0.1, 0.15) is 21.5 Å². The molecule has 0 radical (unpaired) electrons. The van der Waals surface area contributed by atoms with E-state index in [-0.39, 0.29) is 17.4 Å². The molecule has 0 atom stereocenters. The number of nitrogens with one attached hydrogen (secondary N) is 2. The largest absolute Gasteiger partial charge is 0.474 e. The normalized spacial score (nSPS) is 11.1. The molecular formula is C23H25N3O5S. The molecule has 0 aliphatic heterocycles. The van der Waals surface area contributed by atoms with Crippen molar-refractivity contribution < 1.29 is 22.7 Å². The Kier molecular flexibility index (Phi) is 7.45. The van der Waals surface area contributed by atoms with Crippen LogP contribution in [0.2, 0.25) is 0 Å². The molecule has 2 N–H and O–H groups in total. The van der Waals surface area contributed by atoms with Gasteiger partial charge in [-0.15, -0.1) is 0 Å². The number of pyridine rings is 1. The maximum absolute atomic E-state index is 12.8. The Morgan fingerprint density at radius 1 is 0.969 bits per heavy atom. The molecule has 1 amide bonds. The number of carbonyl (C=O) groups excluding carboxylic acids is 1. The summed E-state index contributed by atoms with van der Waals surface area (Å²) in [6.45, 7) is 4.44. The molecule has 0 saturated heterocycles. The molecule has 2 aromatic carbocycles. The van der Waals surface area contributed by atoms with Crippen molar-refractivity contribution in [3.05, 3.63) is 77.5 Å². The highest BCUT2D eigenvalue weighted by Crippen LogP contribution is 2.24. The summed E-state index contributed by atoms with van der Waals surface area (Å²) in [5, 5.41) is 2.73. The maximum Gasteiger partial charge on any atom is 0.261 e. The molecule has 0 fully saturated rings. The van der Waals surface area contributed by atoms with Gasteiger partial charge >= 0.3 is 0 Å². The minimum Gasteiger partial charge on any atom is -0.474 e. The summed E-state index contributed by atoms with van der Waals surface area (Å²) in [4.78, 5) is 16.8. The lowest BCUT2D eigenvalue weighted by Crippen LogP contribution is -2.16. The number of rotatable bonds is 9. The van der Waals surface area contributed by atoms with Crippen molar-refractivity contribution in [1.29, 1.82) is 0 Å². The molecule has 3 rings (SSSR count). The molecule has 3 aromatic rings. The van der Waals surface area contributed by atoms with Crippen LogP contribution in [0.3, 0.4) is 0 Å². The fraction of sp³-hybridized carbons (Fsp3) is 0.217. The lowest BCUT2D eigenvalue weighted by Gasteiger charge is -2.13. The van der Waals surface area contributed by atoms with Crippen LogP contribution in [0.15, 0.2) is 65.7 Å². The molecule has 0 unspecified atom stereocenters. The standard InChI is InChI=1S/C23H25N3O5S/c1-16-6-4-7-20(17(16)2)26-32(28,29)19-11-9-18(10-12-19)22(27)25-21-8-5-13-24-23(21)31-15-14-30-3/h4-13,26H,14-15H2,1-3H3,(H,25,27). The summed E-state index contributed by atoms with van der Waals surface area (Å²) in [5.74, 6) is -0.143. The third-order valence-corrected chi connectivity index (χ3v) is 6.20. The van der Waals surface area contributed by atoms with E-state index in [1.54, 1.807) is 37.6 Å². The predicted octanol–water partition coefficient (Wildman–Crippen LogP) is 3.78. The number of amides is 1. The van der Waals surface area contributed by atoms with Gasteiger partial charge in [-0.25, -0.2) is 13.4 Å². The molecule has 168 valence electrons. The molecule has 0 spiro atoms. The summed E-state index contributed by atoms with van der Waals surface area (Å²) in [7, 11) is -2.24. The first-order chi connectivity index (χ1) is 15.3. The molecule has 9 heteroatoms. The first-order valence-corrected chi connectivity index (χ1v) is 11.4. The Balaban J connectivity index is 1.73. The Morgan fingerprint density at radius 2 is 1.69 bits per heavy atom. The van der Waals surface area contributed by atoms with Gasteiger partial charge in [-0.1, -0.05) is 12.1 Å². The Morgan fingerprint density at radius 3 is 2.41 bits per heavy atom. The van der Waals surface area contributed by atoms with Crippen molar-refractivity contribution in [3.8, 4) is 5.88 Å². The monoisotopic (exact) mass is 455 g/mol. The average Bonchev–Trinajstić information content (AvgIpc) is 2.78. The number of carbonyl (C=O) groups is 1. The van der Waals surface area contributed by atoms with E-state index in [2.05, 4.69) is 15.0 Å². The molecule has 1 aromatic heterocycles. The third kappa shape index (κ3) is 5.63. The van der Waals surface area contributed by atoms with Crippen LogP contribution in [0.5, 0.6) is 5.88 Å². The minimum atomic E-state index is -3.80. The van der Waals surface area contributed by atoms with Gasteiger partial charge in [0.1, 0.15) is 12.3 Å². The van der Waals surface area contributed by atoms with Gasteiger partial charge in [0.25, 0.3) is 15.9 Å². The third-order valence-electron chi connectivity index (χ3n) is 4.82. The number of ether oxygens (including phenoxy) is 2. The zero-order valence-corrected chi connectivity index (χ0v) is 18.9. The van der Waals surface area contributed by atoms with E-state index < -0.39 is 15.9 Å². The number of sulfonamides is 1. The van der Waals surface area contributed by atoms with E-state index in [0.717, 1.165) is 11.1 Å². The van der Waals surface area contributed by atoms with E-state index in [1.165, 1.54) is 24.3 Å². The number of methoxy groups -OCH3 is 1. The number of anilines is 2. The SMILES string of the molecule is COCCOc1ncccc1NC(=O)c1ccc(S(=O)(=O)Nc2cccc(C)c2C)cc1. The summed E-state index contributed by atoms with van der Waals surface area (Å²) in [6, 6.07) is 14.4. The molecule has 0 bridgehead atoms. The van der Waals surface area contributed by atoms with Crippen LogP contribution in [-0.4, -0.2) is 39.6 Å². The van der Waals surface area contributed by atoms with Crippen molar-refractivity contribution in [3.63, 3.8) is 0 Å². The number of nitrogens with zero attached hydrogens (tertiary/aromatic N) is 1. The number of aromatic nitrogens is 1. The van der Waals surface area contributed by atoms with Crippen molar-refractivity contribution in [1.82, 2.24) is 4.98 Å². The number of benzene rings is 2. The molecule has 0 saturated carbocycles. The first-order valence-electron chi connectivity index (χ1n) is 9.89. The van der Waals surface area contributed by atoms with Gasteiger partial charge in [0.05, 0.1) is 17.2 Å². The number of hydrogen-bond donors (Lipinski definition) is 2. The van der Waals surface area contributed by atoms with Crippen LogP contribution in [0.25, 0.3) is 0 Å². The Hall–Kier alpha value is -3.43. The summed E-state index contributed by atoms with van der Waals surface area (Å²) in [5.41, 5.74) is 3.05. The van der Waals surface area contributed by atoms with Gasteiger partial charge in [0, 0.05) is 18.9 Å². The van der Waals surface area contributed by atoms with Crippen molar-refractivity contribution >= 4 is 27.3 Å². The molecule has 0 aliphatic rings. The molecule has 0 aliphatic carbocycles. The topological polar surface area (TPSA) is 107 Å². The lowest BCUT2D eigenvalue weighted by molar-refractivity contribution is 0.102. The van der Waals surface area contributed by atoms with Crippen LogP contribution < -0.4 is 14.8 Å². The zero-order valence-electron chi connectivity index (χ0n) is 18.1. The second kappa shape index (κ2) is 10.3. The average molecular weight is 456 g/mol. The van der Waals surface area contributed by atoms with E-state index in [9.17, 15) is 13.2 Å². The van der Waals surface area contributed by atoms with Gasteiger partial charge in [-0.3, -0.25) is 9.52 Å². The fourth-order valence-electron chi connectivity index (χ4n) is 2.87. The van der Waals surface area contributed by atoms with Crippen LogP contribution in [-0.2, 0) is 14.8 Å². The molecular weight excluding hydrogens is 430 g/mol. The summed E-state index contributed by atoms with van der Waals surface area (Å²) in [6.07, 6.45) is 1.56. The highest BCUT2D eigenvalue weighted by atomic mass is 32.2. The number of aryl methyl sites for hydroxylation is 1. The zero-order chi connectivity index (χ0) is 23.1. The summed E-state index contributed by atoms with van der Waals surface area (Å²) >= 11 is 0. The highest BCUT2D eigenvalue weighted by molar-refractivity contribution is 7.92. The van der Waals surface area contributed by atoms with Gasteiger partial charge in [0.15, 0.2) is 0 Å². The first kappa shape index (κ1) is 23.2. The Labute approximate surface area is 187 Å². The van der Waals surface area contributed by atoms with E-state index in [4.69, 9.17) is 9.47 Å². The summed E-state index contributed by atoms with van der Waals surface area (Å²) < 4.78 is 38.6. The van der Waals surface area contributed by atoms with Crippen molar-refractivity contribution in [2.75, 3.05) is 30.4 Å². The van der Waals surface area contributed by atoms with E-state index >= 15 is 0 Å². The van der Waals surface area contributed by atoms with E-state index in [1.807, 2.05) is 19.9 Å². The van der Waals surface area contributed by atoms with Crippen molar-refractivity contribution in [2.45, 2.75) is 18.7 Å². The van der Waals surface area contributed by atoms with Crippen LogP contribution in [0, 0.1) is 13.8 Å². The van der Waals surface area contributed by atoms with Crippen LogP contribution >= 0.6 is 0 Å². The molecule has 32 heavy (non-hydrogen) atoms. The maximum atomic E-state index is 12.8. The fourth-order valence-corrected chi connectivity index (χ4v) is 3.99. The highest BCUT2D eigenvalue weighted by Gasteiger charge is 2.17. The van der Waals surface area contributed by atoms with Crippen molar-refractivity contribution in [2.24, 2.45) is 0 Å². The minimum absolute atomic E-state index is 0.0555. The second-order valence-corrected chi connectivity index (χ2v) is 8.71. The van der Waals surface area contributed by atoms with E-state index in [0.29, 0.717) is 23.5 Å². The van der Waals surface area contributed by atoms with Gasteiger partial charge in [-0.05, 0) is 67.4 Å². The van der Waals surface area contributed by atoms with Gasteiger partial charge in [-0.2, -0.15) is 0 Å². The number of hydrogen-bond acceptors (Lipinski definition) is 6. The Bertz CT molecular complexity index is 1190. The lowest BCUT2D eigenvalue weighted by atomic mass is 10.1. The predicted molar refractivity (Wildman–Crippen MR) is 123 cm³/mol. The van der Waals surface area contributed by atoms with Gasteiger partial charge < -0.3 is 14.8 Å². The molecule has 8 nitrogen and oxygen atoms in total. The van der Waals surface area contributed by atoms with Gasteiger partial charge in [0.2, 0.25) is 5.88 Å². The molecule has 1 heterocycles. The second-order valence-electron chi connectivity index (χ2n) is 7.03.